The van der Waals surface area contributed by atoms with Gasteiger partial charge in [-0.2, -0.15) is 0 Å². The van der Waals surface area contributed by atoms with Gasteiger partial charge in [-0.1, -0.05) is 11.6 Å². The van der Waals surface area contributed by atoms with E-state index >= 15 is 0 Å². The van der Waals surface area contributed by atoms with Crippen LogP contribution in [0.4, 0.5) is 5.69 Å². The highest BCUT2D eigenvalue weighted by Crippen LogP contribution is 2.72. The molecular formula is C21H24N2O4. The Balaban J connectivity index is 1.65. The van der Waals surface area contributed by atoms with Gasteiger partial charge in [-0.25, -0.2) is 0 Å². The molecule has 1 aliphatic carbocycles. The summed E-state index contributed by atoms with van der Waals surface area (Å²) in [6.45, 7) is 2.96. The number of fused-ring (bicyclic) bond motifs is 4. The first-order chi connectivity index (χ1) is 13.1. The fraction of sp³-hybridized carbons (Fsp3) is 0.571. The van der Waals surface area contributed by atoms with Crippen LogP contribution in [-0.2, 0) is 19.7 Å². The molecule has 6 atom stereocenters. The van der Waals surface area contributed by atoms with Crippen LogP contribution >= 0.6 is 0 Å². The predicted octanol–water partition coefficient (Wildman–Crippen LogP) is 2.25. The summed E-state index contributed by atoms with van der Waals surface area (Å²) in [6, 6.07) is 6.39. The number of allylic oxidation sites excluding steroid dienone is 1. The van der Waals surface area contributed by atoms with E-state index in [2.05, 4.69) is 35.3 Å². The molecule has 4 aliphatic heterocycles. The van der Waals surface area contributed by atoms with Gasteiger partial charge in [0.05, 0.1) is 31.6 Å². The molecule has 4 heterocycles. The molecule has 6 rings (SSSR count). The van der Waals surface area contributed by atoms with Gasteiger partial charge in [-0.05, 0) is 43.0 Å². The highest BCUT2D eigenvalue weighted by Gasteiger charge is 2.82. The van der Waals surface area contributed by atoms with E-state index < -0.39 is 11.1 Å². The van der Waals surface area contributed by atoms with Gasteiger partial charge in [-0.15, -0.1) is 0 Å². The van der Waals surface area contributed by atoms with E-state index in [9.17, 15) is 4.79 Å². The summed E-state index contributed by atoms with van der Waals surface area (Å²) < 4.78 is 17.6. The maximum atomic E-state index is 13.2. The lowest BCUT2D eigenvalue weighted by atomic mass is 9.49. The lowest BCUT2D eigenvalue weighted by Crippen LogP contribution is -2.73. The quantitative estimate of drug-likeness (QED) is 0.638. The molecule has 4 bridgehead atoms. The molecule has 6 heteroatoms. The second-order valence-electron chi connectivity index (χ2n) is 8.41. The van der Waals surface area contributed by atoms with E-state index in [0.717, 1.165) is 36.4 Å². The zero-order chi connectivity index (χ0) is 18.6. The maximum Gasteiger partial charge on any atom is 0.310 e. The van der Waals surface area contributed by atoms with Crippen molar-refractivity contribution in [2.45, 2.75) is 43.2 Å². The number of hydrogen-bond donors (Lipinski definition) is 1. The Morgan fingerprint density at radius 2 is 2.26 bits per heavy atom. The van der Waals surface area contributed by atoms with Gasteiger partial charge in [0, 0.05) is 18.7 Å². The number of hydrogen-bond acceptors (Lipinski definition) is 6. The van der Waals surface area contributed by atoms with Crippen molar-refractivity contribution in [2.24, 2.45) is 11.8 Å². The first kappa shape index (κ1) is 16.0. The van der Waals surface area contributed by atoms with E-state index in [1.807, 2.05) is 6.07 Å². The number of rotatable bonds is 2. The molecule has 5 aliphatic rings. The molecule has 142 valence electrons. The number of esters is 1. The molecule has 1 N–H and O–H groups in total. The highest BCUT2D eigenvalue weighted by atomic mass is 16.6. The molecule has 1 aromatic carbocycles. The summed E-state index contributed by atoms with van der Waals surface area (Å²) in [5.41, 5.74) is 2.56. The lowest BCUT2D eigenvalue weighted by molar-refractivity contribution is -0.161. The number of piperidine rings is 2. The van der Waals surface area contributed by atoms with Gasteiger partial charge >= 0.3 is 5.97 Å². The normalized spacial score (nSPS) is 44.2. The Hall–Kier alpha value is -2.05. The van der Waals surface area contributed by atoms with Crippen LogP contribution in [0.5, 0.6) is 5.75 Å². The minimum Gasteiger partial charge on any atom is -0.497 e. The number of nitrogens with one attached hydrogen (secondary N) is 1. The number of nitrogens with zero attached hydrogens (tertiary/aromatic N) is 1. The zero-order valence-electron chi connectivity index (χ0n) is 15.8. The Morgan fingerprint density at radius 1 is 1.41 bits per heavy atom. The molecule has 0 unspecified atom stereocenters. The summed E-state index contributed by atoms with van der Waals surface area (Å²) in [6.07, 6.45) is 3.96. The van der Waals surface area contributed by atoms with Crippen LogP contribution in [0.3, 0.4) is 0 Å². The maximum absolute atomic E-state index is 13.2. The van der Waals surface area contributed by atoms with E-state index in [4.69, 9.17) is 14.2 Å². The van der Waals surface area contributed by atoms with E-state index in [1.54, 1.807) is 7.11 Å². The van der Waals surface area contributed by atoms with E-state index in [0.29, 0.717) is 0 Å². The predicted molar refractivity (Wildman–Crippen MR) is 98.4 cm³/mol. The fourth-order valence-corrected chi connectivity index (χ4v) is 6.90. The lowest BCUT2D eigenvalue weighted by Gasteiger charge is -2.60. The molecule has 27 heavy (non-hydrogen) atoms. The monoisotopic (exact) mass is 368 g/mol. The number of anilines is 1. The fourth-order valence-electron chi connectivity index (χ4n) is 6.90. The third-order valence-electron chi connectivity index (χ3n) is 7.83. The van der Waals surface area contributed by atoms with E-state index in [-0.39, 0.29) is 30.1 Å². The van der Waals surface area contributed by atoms with Crippen LogP contribution in [-0.4, -0.2) is 49.6 Å². The molecule has 0 aromatic heterocycles. The summed E-state index contributed by atoms with van der Waals surface area (Å²) in [5.74, 6) is 0.628. The van der Waals surface area contributed by atoms with Crippen LogP contribution in [0.1, 0.15) is 25.3 Å². The summed E-state index contributed by atoms with van der Waals surface area (Å²) in [4.78, 5) is 15.7. The van der Waals surface area contributed by atoms with Crippen LogP contribution < -0.4 is 10.1 Å². The number of methoxy groups -OCH3 is 2. The Labute approximate surface area is 158 Å². The third kappa shape index (κ3) is 1.53. The van der Waals surface area contributed by atoms with Gasteiger partial charge in [0.15, 0.2) is 5.72 Å². The number of carbonyl (C=O) groups excluding carboxylic acids is 1. The van der Waals surface area contributed by atoms with Crippen LogP contribution in [0.2, 0.25) is 0 Å². The van der Waals surface area contributed by atoms with Crippen molar-refractivity contribution in [2.75, 3.05) is 26.1 Å². The minimum absolute atomic E-state index is 0.0326. The molecule has 4 fully saturated rings. The number of carbonyl (C=O) groups is 1. The van der Waals surface area contributed by atoms with Crippen molar-refractivity contribution < 1.29 is 19.0 Å². The van der Waals surface area contributed by atoms with Crippen LogP contribution in [0.25, 0.3) is 0 Å². The van der Waals surface area contributed by atoms with Crippen molar-refractivity contribution in [1.29, 1.82) is 0 Å². The highest BCUT2D eigenvalue weighted by molar-refractivity contribution is 5.81. The Bertz CT molecular complexity index is 898. The molecule has 1 aromatic rings. The van der Waals surface area contributed by atoms with Crippen molar-refractivity contribution in [3.05, 3.63) is 35.4 Å². The van der Waals surface area contributed by atoms with Gasteiger partial charge in [0.2, 0.25) is 0 Å². The number of benzene rings is 1. The summed E-state index contributed by atoms with van der Waals surface area (Å²) in [7, 11) is 3.19. The summed E-state index contributed by atoms with van der Waals surface area (Å²) >= 11 is 0. The van der Waals surface area contributed by atoms with Gasteiger partial charge in [0.1, 0.15) is 12.0 Å². The van der Waals surface area contributed by atoms with Crippen LogP contribution in [0.15, 0.2) is 29.8 Å². The zero-order valence-corrected chi connectivity index (χ0v) is 15.8. The topological polar surface area (TPSA) is 60.0 Å². The second kappa shape index (κ2) is 4.86. The average Bonchev–Trinajstić information content (AvgIpc) is 3.29. The molecule has 0 amide bonds. The Kier molecular flexibility index (Phi) is 2.87. The van der Waals surface area contributed by atoms with Crippen molar-refractivity contribution in [1.82, 2.24) is 4.90 Å². The first-order valence-corrected chi connectivity index (χ1v) is 9.73. The standard InChI is InChI=1S/C21H24N2O4/c1-4-11-10-23-16-8-13(11)18(19(24)26-3)20-9-17(23)27-21(16,20)22-15-6-5-12(25-2)7-14(15)20/h4-7,13,16-18,22H,8-10H2,1-3H3/t13-,16-,17-,18-,20-,21-/m0/s1. The molecule has 1 spiro atoms. The average molecular weight is 368 g/mol. The second-order valence-corrected chi connectivity index (χ2v) is 8.41. The van der Waals surface area contributed by atoms with Crippen molar-refractivity contribution >= 4 is 11.7 Å². The van der Waals surface area contributed by atoms with Crippen molar-refractivity contribution in [3.63, 3.8) is 0 Å². The van der Waals surface area contributed by atoms with Gasteiger partial charge in [-0.3, -0.25) is 9.69 Å². The summed E-state index contributed by atoms with van der Waals surface area (Å²) in [5, 5.41) is 3.73. The third-order valence-corrected chi connectivity index (χ3v) is 7.83. The molecule has 3 saturated heterocycles. The van der Waals surface area contributed by atoms with Crippen molar-refractivity contribution in [3.8, 4) is 5.75 Å². The largest absolute Gasteiger partial charge is 0.497 e. The van der Waals surface area contributed by atoms with Crippen LogP contribution in [0, 0.1) is 11.8 Å². The Morgan fingerprint density at radius 3 is 3.00 bits per heavy atom. The molecular weight excluding hydrogens is 344 g/mol. The SMILES string of the molecule is CC=C1CN2[C@@H]3C[C@@]45c6cc(OC)ccc6N[C@]4(O3)[C@@H]2C[C@@H]1[C@H]5C(=O)OC. The van der Waals surface area contributed by atoms with E-state index in [1.165, 1.54) is 12.7 Å². The molecule has 1 saturated carbocycles. The van der Waals surface area contributed by atoms with Gasteiger partial charge < -0.3 is 19.5 Å². The molecule has 6 nitrogen and oxygen atoms in total. The first-order valence-electron chi connectivity index (χ1n) is 9.73. The minimum atomic E-state index is -0.555. The smallest absolute Gasteiger partial charge is 0.310 e. The molecule has 0 radical (unpaired) electrons. The number of ether oxygens (including phenoxy) is 3. The van der Waals surface area contributed by atoms with Gasteiger partial charge in [0.25, 0.3) is 0 Å².